The zero-order chi connectivity index (χ0) is 19.6. The Morgan fingerprint density at radius 1 is 1.32 bits per heavy atom. The van der Waals surface area contributed by atoms with Gasteiger partial charge in [-0.3, -0.25) is 4.79 Å². The minimum Gasteiger partial charge on any atom is -0.426 e. The second kappa shape index (κ2) is 7.78. The second-order valence-corrected chi connectivity index (χ2v) is 14.0. The van der Waals surface area contributed by atoms with E-state index in [0.29, 0.717) is 19.4 Å². The van der Waals surface area contributed by atoms with Crippen molar-refractivity contribution in [2.45, 2.75) is 91.1 Å². The lowest BCUT2D eigenvalue weighted by molar-refractivity contribution is -0.124. The molecule has 0 unspecified atom stereocenters. The standard InChI is InChI=1S/C19H36O5Si/c1-10-15(20)13(2)11-19(7)16(23-17(21)24-19)14(3)12-22-25(8,9)18(4,5)6/h13-14,16H,10-12H2,1-9H3/t13-,14+,16-,19+/m1/s1. The number of rotatable bonds is 8. The van der Waals surface area contributed by atoms with Gasteiger partial charge in [-0.15, -0.1) is 0 Å². The van der Waals surface area contributed by atoms with Crippen molar-refractivity contribution in [1.82, 2.24) is 0 Å². The van der Waals surface area contributed by atoms with Crippen molar-refractivity contribution >= 4 is 20.3 Å². The van der Waals surface area contributed by atoms with Crippen LogP contribution in [0.5, 0.6) is 0 Å². The Bertz CT molecular complexity index is 497. The van der Waals surface area contributed by atoms with Crippen LogP contribution in [0.2, 0.25) is 18.1 Å². The van der Waals surface area contributed by atoms with Gasteiger partial charge in [-0.1, -0.05) is 41.5 Å². The molecule has 0 bridgehead atoms. The number of carbonyl (C=O) groups excluding carboxylic acids is 2. The van der Waals surface area contributed by atoms with Crippen LogP contribution in [-0.2, 0) is 18.7 Å². The van der Waals surface area contributed by atoms with Gasteiger partial charge in [0.05, 0.1) is 0 Å². The number of hydrogen-bond acceptors (Lipinski definition) is 5. The van der Waals surface area contributed by atoms with Gasteiger partial charge in [0.25, 0.3) is 0 Å². The van der Waals surface area contributed by atoms with Crippen molar-refractivity contribution < 1.29 is 23.5 Å². The maximum Gasteiger partial charge on any atom is 0.509 e. The highest BCUT2D eigenvalue weighted by atomic mass is 28.4. The SMILES string of the molecule is CCC(=O)[C@H](C)C[C@]1(C)OC(=O)O[C@@H]1[C@@H](C)CO[Si](C)(C)C(C)(C)C. The lowest BCUT2D eigenvalue weighted by atomic mass is 9.81. The van der Waals surface area contributed by atoms with E-state index in [1.54, 1.807) is 0 Å². The molecule has 146 valence electrons. The molecule has 4 atom stereocenters. The zero-order valence-electron chi connectivity index (χ0n) is 17.4. The highest BCUT2D eigenvalue weighted by Crippen LogP contribution is 2.40. The fourth-order valence-electron chi connectivity index (χ4n) is 3.09. The summed E-state index contributed by atoms with van der Waals surface area (Å²) in [4.78, 5) is 23.8. The quantitative estimate of drug-likeness (QED) is 0.446. The van der Waals surface area contributed by atoms with E-state index < -0.39 is 26.2 Å². The van der Waals surface area contributed by atoms with E-state index >= 15 is 0 Å². The van der Waals surface area contributed by atoms with E-state index in [2.05, 4.69) is 33.9 Å². The average molecular weight is 373 g/mol. The third-order valence-electron chi connectivity index (χ3n) is 5.78. The first-order valence-corrected chi connectivity index (χ1v) is 12.2. The summed E-state index contributed by atoms with van der Waals surface area (Å²) in [5.74, 6) is 0.00288. The number of ether oxygens (including phenoxy) is 2. The van der Waals surface area contributed by atoms with Crippen LogP contribution < -0.4 is 0 Å². The summed E-state index contributed by atoms with van der Waals surface area (Å²) in [5, 5.41) is 0.126. The van der Waals surface area contributed by atoms with Crippen molar-refractivity contribution in [3.05, 3.63) is 0 Å². The van der Waals surface area contributed by atoms with Gasteiger partial charge < -0.3 is 13.9 Å². The van der Waals surface area contributed by atoms with Crippen molar-refractivity contribution in [2.75, 3.05) is 6.61 Å². The highest BCUT2D eigenvalue weighted by Gasteiger charge is 2.51. The van der Waals surface area contributed by atoms with Gasteiger partial charge in [0.15, 0.2) is 13.9 Å². The molecular weight excluding hydrogens is 336 g/mol. The van der Waals surface area contributed by atoms with E-state index in [1.165, 1.54) is 0 Å². The van der Waals surface area contributed by atoms with Gasteiger partial charge in [-0.05, 0) is 25.1 Å². The van der Waals surface area contributed by atoms with Gasteiger partial charge in [0, 0.05) is 31.3 Å². The molecule has 0 aliphatic carbocycles. The summed E-state index contributed by atoms with van der Waals surface area (Å²) in [6, 6.07) is 0. The lowest BCUT2D eigenvalue weighted by Gasteiger charge is -2.38. The minimum atomic E-state index is -1.87. The van der Waals surface area contributed by atoms with Crippen LogP contribution in [-0.4, -0.2) is 38.6 Å². The summed E-state index contributed by atoms with van der Waals surface area (Å²) in [7, 11) is -1.87. The average Bonchev–Trinajstić information content (AvgIpc) is 2.77. The molecule has 1 rings (SSSR count). The molecule has 25 heavy (non-hydrogen) atoms. The van der Waals surface area contributed by atoms with Crippen LogP contribution in [0.4, 0.5) is 4.79 Å². The predicted octanol–water partition coefficient (Wildman–Crippen LogP) is 4.94. The van der Waals surface area contributed by atoms with Gasteiger partial charge in [0.1, 0.15) is 11.9 Å². The molecule has 0 N–H and O–H groups in total. The third kappa shape index (κ3) is 5.30. The third-order valence-corrected chi connectivity index (χ3v) is 10.3. The maximum absolute atomic E-state index is 12.0. The van der Waals surface area contributed by atoms with Crippen molar-refractivity contribution in [2.24, 2.45) is 11.8 Å². The minimum absolute atomic E-state index is 0.00509. The lowest BCUT2D eigenvalue weighted by Crippen LogP contribution is -2.47. The van der Waals surface area contributed by atoms with Crippen LogP contribution in [0.15, 0.2) is 0 Å². The van der Waals surface area contributed by atoms with Crippen LogP contribution in [0, 0.1) is 11.8 Å². The Morgan fingerprint density at radius 3 is 2.36 bits per heavy atom. The number of cyclic esters (lactones) is 2. The van der Waals surface area contributed by atoms with Crippen LogP contribution in [0.1, 0.15) is 61.3 Å². The summed E-state index contributed by atoms with van der Waals surface area (Å²) < 4.78 is 17.3. The predicted molar refractivity (Wildman–Crippen MR) is 101 cm³/mol. The van der Waals surface area contributed by atoms with E-state index in [4.69, 9.17) is 13.9 Å². The van der Waals surface area contributed by atoms with Crippen LogP contribution >= 0.6 is 0 Å². The molecule has 1 saturated heterocycles. The van der Waals surface area contributed by atoms with E-state index in [0.717, 1.165) is 0 Å². The molecule has 0 radical (unpaired) electrons. The molecule has 0 aromatic rings. The molecule has 0 aromatic carbocycles. The van der Waals surface area contributed by atoms with E-state index in [-0.39, 0.29) is 22.7 Å². The molecule has 1 fully saturated rings. The smallest absolute Gasteiger partial charge is 0.426 e. The van der Waals surface area contributed by atoms with Gasteiger partial charge in [-0.2, -0.15) is 0 Å². The van der Waals surface area contributed by atoms with Crippen LogP contribution in [0.3, 0.4) is 0 Å². The molecule has 1 aliphatic rings. The van der Waals surface area contributed by atoms with Crippen molar-refractivity contribution in [1.29, 1.82) is 0 Å². The molecule has 5 nitrogen and oxygen atoms in total. The summed E-state index contributed by atoms with van der Waals surface area (Å²) in [6.45, 7) is 19.2. The molecule has 1 aliphatic heterocycles. The van der Waals surface area contributed by atoms with Crippen molar-refractivity contribution in [3.63, 3.8) is 0 Å². The highest BCUT2D eigenvalue weighted by molar-refractivity contribution is 6.74. The molecule has 1 heterocycles. The summed E-state index contributed by atoms with van der Waals surface area (Å²) in [6.07, 6.45) is -0.0962. The Balaban J connectivity index is 2.82. The molecule has 0 saturated carbocycles. The maximum atomic E-state index is 12.0. The van der Waals surface area contributed by atoms with Crippen molar-refractivity contribution in [3.8, 4) is 0 Å². The first kappa shape index (κ1) is 22.2. The Kier molecular flexibility index (Phi) is 6.90. The van der Waals surface area contributed by atoms with E-state index in [1.807, 2.05) is 27.7 Å². The largest absolute Gasteiger partial charge is 0.509 e. The molecule has 0 aromatic heterocycles. The topological polar surface area (TPSA) is 61.8 Å². The molecule has 0 amide bonds. The summed E-state index contributed by atoms with van der Waals surface area (Å²) in [5.41, 5.74) is -0.794. The summed E-state index contributed by atoms with van der Waals surface area (Å²) >= 11 is 0. The van der Waals surface area contributed by atoms with E-state index in [9.17, 15) is 9.59 Å². The normalized spacial score (nSPS) is 26.8. The zero-order valence-corrected chi connectivity index (χ0v) is 18.4. The molecule has 0 spiro atoms. The first-order valence-electron chi connectivity index (χ1n) is 9.30. The molecular formula is C19H36O5Si. The Labute approximate surface area is 153 Å². The monoisotopic (exact) mass is 372 g/mol. The Hall–Kier alpha value is -0.883. The number of hydrogen-bond donors (Lipinski definition) is 0. The molecule has 6 heteroatoms. The van der Waals surface area contributed by atoms with Gasteiger partial charge >= 0.3 is 6.16 Å². The first-order chi connectivity index (χ1) is 11.2. The van der Waals surface area contributed by atoms with Crippen LogP contribution in [0.25, 0.3) is 0 Å². The fourth-order valence-corrected chi connectivity index (χ4v) is 4.20. The number of ketones is 1. The van der Waals surface area contributed by atoms with Gasteiger partial charge in [0.2, 0.25) is 0 Å². The van der Waals surface area contributed by atoms with Gasteiger partial charge in [-0.25, -0.2) is 4.79 Å². The number of Topliss-reactive ketones (excluding diaryl/α,β-unsaturated/α-hetero) is 1. The number of carbonyl (C=O) groups is 2. The fraction of sp³-hybridized carbons (Fsp3) is 0.895. The Morgan fingerprint density at radius 2 is 1.88 bits per heavy atom. The second-order valence-electron chi connectivity index (χ2n) is 9.18.